The number of methoxy groups -OCH3 is 3. The molecule has 5 nitrogen and oxygen atoms in total. The van der Waals surface area contributed by atoms with Crippen LogP contribution in [0.3, 0.4) is 0 Å². The summed E-state index contributed by atoms with van der Waals surface area (Å²) >= 11 is 0. The van der Waals surface area contributed by atoms with Gasteiger partial charge in [-0.2, -0.15) is 0 Å². The fraction of sp³-hybridized carbons (Fsp3) is 0.625. The van der Waals surface area contributed by atoms with E-state index in [0.717, 1.165) is 12.8 Å². The maximum atomic E-state index is 10.2. The SMILES string of the molecule is CCCCCCCc1c(O)c(O)c(OC)c(OC)c1OC. The number of hydrogen-bond donors (Lipinski definition) is 2. The molecule has 0 atom stereocenters. The molecule has 0 radical (unpaired) electrons. The summed E-state index contributed by atoms with van der Waals surface area (Å²) in [6.07, 6.45) is 6.17. The summed E-state index contributed by atoms with van der Waals surface area (Å²) < 4.78 is 15.7. The average Bonchev–Trinajstić information content (AvgIpc) is 2.50. The van der Waals surface area contributed by atoms with Gasteiger partial charge in [-0.05, 0) is 12.8 Å². The lowest BCUT2D eigenvalue weighted by molar-refractivity contribution is 0.297. The Morgan fingerprint density at radius 3 is 1.81 bits per heavy atom. The highest BCUT2D eigenvalue weighted by molar-refractivity contribution is 5.69. The van der Waals surface area contributed by atoms with Crippen LogP contribution in [-0.4, -0.2) is 31.5 Å². The van der Waals surface area contributed by atoms with Crippen molar-refractivity contribution in [3.8, 4) is 28.7 Å². The summed E-state index contributed by atoms with van der Waals surface area (Å²) in [6, 6.07) is 0. The Morgan fingerprint density at radius 1 is 0.714 bits per heavy atom. The van der Waals surface area contributed by atoms with Crippen molar-refractivity contribution in [2.75, 3.05) is 21.3 Å². The quantitative estimate of drug-likeness (QED) is 0.538. The molecule has 1 aromatic carbocycles. The molecule has 1 rings (SSSR count). The third kappa shape index (κ3) is 3.86. The number of aromatic hydroxyl groups is 2. The Morgan fingerprint density at radius 2 is 1.29 bits per heavy atom. The van der Waals surface area contributed by atoms with Crippen LogP contribution in [0, 0.1) is 0 Å². The van der Waals surface area contributed by atoms with E-state index in [1.807, 2.05) is 0 Å². The van der Waals surface area contributed by atoms with E-state index >= 15 is 0 Å². The minimum absolute atomic E-state index is 0.0848. The first-order valence-corrected chi connectivity index (χ1v) is 7.34. The van der Waals surface area contributed by atoms with Gasteiger partial charge in [0.05, 0.1) is 21.3 Å². The number of rotatable bonds is 9. The van der Waals surface area contributed by atoms with Gasteiger partial charge in [-0.15, -0.1) is 0 Å². The van der Waals surface area contributed by atoms with Crippen LogP contribution in [0.5, 0.6) is 28.7 Å². The third-order valence-corrected chi connectivity index (χ3v) is 3.55. The second kappa shape index (κ2) is 8.49. The molecule has 0 aromatic heterocycles. The fourth-order valence-electron chi connectivity index (χ4n) is 2.43. The molecule has 1 aromatic rings. The van der Waals surface area contributed by atoms with Gasteiger partial charge in [-0.25, -0.2) is 0 Å². The van der Waals surface area contributed by atoms with Crippen molar-refractivity contribution in [2.45, 2.75) is 45.4 Å². The van der Waals surface area contributed by atoms with E-state index in [1.165, 1.54) is 40.6 Å². The van der Waals surface area contributed by atoms with E-state index in [0.29, 0.717) is 23.5 Å². The summed E-state index contributed by atoms with van der Waals surface area (Å²) in [5.41, 5.74) is 0.559. The lowest BCUT2D eigenvalue weighted by Crippen LogP contribution is -2.00. The maximum Gasteiger partial charge on any atom is 0.211 e. The van der Waals surface area contributed by atoms with Gasteiger partial charge in [0.25, 0.3) is 0 Å². The lowest BCUT2D eigenvalue weighted by atomic mass is 10.0. The molecule has 0 amide bonds. The van der Waals surface area contributed by atoms with Gasteiger partial charge in [0.1, 0.15) is 0 Å². The Kier molecular flexibility index (Phi) is 6.99. The van der Waals surface area contributed by atoms with Crippen LogP contribution in [-0.2, 0) is 6.42 Å². The molecular formula is C16H26O5. The van der Waals surface area contributed by atoms with Gasteiger partial charge in [0, 0.05) is 5.56 Å². The Bertz CT molecular complexity index is 457. The van der Waals surface area contributed by atoms with Crippen LogP contribution in [0.4, 0.5) is 0 Å². The first kappa shape index (κ1) is 17.3. The first-order chi connectivity index (χ1) is 10.1. The molecular weight excluding hydrogens is 272 g/mol. The molecule has 0 bridgehead atoms. The lowest BCUT2D eigenvalue weighted by Gasteiger charge is -2.18. The number of unbranched alkanes of at least 4 members (excludes halogenated alkanes) is 4. The molecule has 0 unspecified atom stereocenters. The largest absolute Gasteiger partial charge is 0.504 e. The van der Waals surface area contributed by atoms with E-state index in [4.69, 9.17) is 14.2 Å². The molecule has 0 spiro atoms. The molecule has 0 aliphatic rings. The van der Waals surface area contributed by atoms with Crippen molar-refractivity contribution in [3.05, 3.63) is 5.56 Å². The second-order valence-electron chi connectivity index (χ2n) is 4.94. The van der Waals surface area contributed by atoms with E-state index in [-0.39, 0.29) is 17.2 Å². The van der Waals surface area contributed by atoms with E-state index in [2.05, 4.69) is 6.92 Å². The van der Waals surface area contributed by atoms with Crippen molar-refractivity contribution < 1.29 is 24.4 Å². The number of hydrogen-bond acceptors (Lipinski definition) is 5. The van der Waals surface area contributed by atoms with Gasteiger partial charge in [0.2, 0.25) is 17.2 Å². The highest BCUT2D eigenvalue weighted by Crippen LogP contribution is 2.52. The summed E-state index contributed by atoms with van der Waals surface area (Å²) in [4.78, 5) is 0. The average molecular weight is 298 g/mol. The molecule has 0 heterocycles. The predicted octanol–water partition coefficient (Wildman–Crippen LogP) is 3.64. The van der Waals surface area contributed by atoms with Crippen LogP contribution in [0.25, 0.3) is 0 Å². The van der Waals surface area contributed by atoms with Crippen molar-refractivity contribution in [3.63, 3.8) is 0 Å². The minimum atomic E-state index is -0.307. The summed E-state index contributed by atoms with van der Waals surface area (Å²) in [7, 11) is 4.39. The molecule has 2 N–H and O–H groups in total. The molecule has 120 valence electrons. The highest BCUT2D eigenvalue weighted by Gasteiger charge is 2.25. The predicted molar refractivity (Wildman–Crippen MR) is 81.9 cm³/mol. The van der Waals surface area contributed by atoms with E-state index < -0.39 is 0 Å². The van der Waals surface area contributed by atoms with Gasteiger partial charge >= 0.3 is 0 Å². The summed E-state index contributed by atoms with van der Waals surface area (Å²) in [5, 5.41) is 20.2. The van der Waals surface area contributed by atoms with Gasteiger partial charge in [-0.1, -0.05) is 32.6 Å². The molecule has 0 saturated carbocycles. The van der Waals surface area contributed by atoms with Crippen molar-refractivity contribution in [2.24, 2.45) is 0 Å². The first-order valence-electron chi connectivity index (χ1n) is 7.34. The number of benzene rings is 1. The number of phenols is 2. The monoisotopic (exact) mass is 298 g/mol. The topological polar surface area (TPSA) is 68.2 Å². The normalized spacial score (nSPS) is 10.5. The number of phenolic OH excluding ortho intramolecular Hbond substituents is 2. The van der Waals surface area contributed by atoms with Crippen LogP contribution in [0.2, 0.25) is 0 Å². The maximum absolute atomic E-state index is 10.2. The van der Waals surface area contributed by atoms with Crippen molar-refractivity contribution in [1.29, 1.82) is 0 Å². The summed E-state index contributed by atoms with van der Waals surface area (Å²) in [6.45, 7) is 2.17. The molecule has 0 fully saturated rings. The highest BCUT2D eigenvalue weighted by atomic mass is 16.5. The van der Waals surface area contributed by atoms with Gasteiger partial charge in [0.15, 0.2) is 11.5 Å². The van der Waals surface area contributed by atoms with Crippen molar-refractivity contribution >= 4 is 0 Å². The van der Waals surface area contributed by atoms with E-state index in [1.54, 1.807) is 0 Å². The number of ether oxygens (including phenoxy) is 3. The zero-order valence-corrected chi connectivity index (χ0v) is 13.4. The molecule has 0 saturated heterocycles. The van der Waals surface area contributed by atoms with E-state index in [9.17, 15) is 10.2 Å². The zero-order chi connectivity index (χ0) is 15.8. The molecule has 0 aliphatic carbocycles. The Hall–Kier alpha value is -1.78. The molecule has 0 aliphatic heterocycles. The standard InChI is InChI=1S/C16H26O5/c1-5-6-7-8-9-10-11-12(17)13(18)15(20-3)16(21-4)14(11)19-2/h17-18H,5-10H2,1-4H3. The molecule has 5 heteroatoms. The Balaban J connectivity index is 3.04. The van der Waals surface area contributed by atoms with Crippen LogP contribution in [0.1, 0.15) is 44.6 Å². The molecule has 21 heavy (non-hydrogen) atoms. The van der Waals surface area contributed by atoms with Gasteiger partial charge < -0.3 is 24.4 Å². The smallest absolute Gasteiger partial charge is 0.211 e. The zero-order valence-electron chi connectivity index (χ0n) is 13.4. The Labute approximate surface area is 126 Å². The third-order valence-electron chi connectivity index (χ3n) is 3.55. The fourth-order valence-corrected chi connectivity index (χ4v) is 2.43. The van der Waals surface area contributed by atoms with Gasteiger partial charge in [-0.3, -0.25) is 0 Å². The second-order valence-corrected chi connectivity index (χ2v) is 4.94. The summed E-state index contributed by atoms with van der Waals surface area (Å²) in [5.74, 6) is 0.305. The van der Waals surface area contributed by atoms with Crippen LogP contribution in [0.15, 0.2) is 0 Å². The van der Waals surface area contributed by atoms with Crippen molar-refractivity contribution in [1.82, 2.24) is 0 Å². The minimum Gasteiger partial charge on any atom is -0.504 e. The van der Waals surface area contributed by atoms with Crippen LogP contribution >= 0.6 is 0 Å². The van der Waals surface area contributed by atoms with Crippen LogP contribution < -0.4 is 14.2 Å².